The van der Waals surface area contributed by atoms with Crippen molar-refractivity contribution in [2.75, 3.05) is 85.9 Å². The number of ether oxygens (including phenoxy) is 15. The lowest BCUT2D eigenvalue weighted by atomic mass is 9.64. The Kier molecular flexibility index (Phi) is 32.3. The number of carbonyl (C=O) groups excluding carboxylic acids is 6. The van der Waals surface area contributed by atoms with Gasteiger partial charge in [-0.1, -0.05) is 39.5 Å². The molecule has 21 nitrogen and oxygen atoms in total. The van der Waals surface area contributed by atoms with Gasteiger partial charge in [-0.2, -0.15) is 145 Å². The summed E-state index contributed by atoms with van der Waals surface area (Å²) in [6.45, 7) is -34.0. The fraction of sp³-hybridized carbons (Fsp3) is 0.667. The molecule has 113 heavy (non-hydrogen) atoms. The maximum Gasteiger partial charge on any atom is 0.425 e. The molecule has 5 unspecified atom stereocenters. The van der Waals surface area contributed by atoms with E-state index in [0.717, 1.165) is 0 Å². The molecule has 1 fully saturated rings. The van der Waals surface area contributed by atoms with Crippen LogP contribution in [0, 0.1) is 0 Å². The van der Waals surface area contributed by atoms with Gasteiger partial charge in [-0.05, 0) is 0 Å². The van der Waals surface area contributed by atoms with Crippen LogP contribution in [0.25, 0.3) is 0 Å². The molecular formula is C54H46F38O21. The third-order valence-corrected chi connectivity index (χ3v) is 13.2. The molecule has 0 heterocycles. The highest BCUT2D eigenvalue weighted by molar-refractivity contribution is 5.83. The Morgan fingerprint density at radius 1 is 0.274 bits per heavy atom. The summed E-state index contributed by atoms with van der Waals surface area (Å²) in [6.07, 6.45) is -67.1. The average Bonchev–Trinajstić information content (AvgIpc) is 0.660. The van der Waals surface area contributed by atoms with Crippen LogP contribution in [0.3, 0.4) is 0 Å². The Hall–Kier alpha value is -7.76. The molecule has 0 amide bonds. The van der Waals surface area contributed by atoms with E-state index >= 15 is 87.8 Å². The number of carbonyl (C=O) groups is 6. The molecule has 0 aromatic carbocycles. The molecule has 0 aromatic rings. The lowest BCUT2D eigenvalue weighted by Crippen LogP contribution is -2.84. The van der Waals surface area contributed by atoms with Crippen molar-refractivity contribution in [3.05, 3.63) is 75.9 Å². The van der Waals surface area contributed by atoms with Crippen LogP contribution in [0.15, 0.2) is 75.9 Å². The number of halogens is 38. The van der Waals surface area contributed by atoms with Crippen LogP contribution in [-0.4, -0.2) is 253 Å². The number of hydrogen-bond acceptors (Lipinski definition) is 21. The number of hydrogen-bond donors (Lipinski definition) is 0. The van der Waals surface area contributed by atoms with E-state index in [2.05, 4.69) is 106 Å². The minimum absolute atomic E-state index is 0.120. The summed E-state index contributed by atoms with van der Waals surface area (Å²) in [4.78, 5) is 67.6. The molecule has 0 aromatic heterocycles. The minimum atomic E-state index is -9.43. The molecule has 1 rings (SSSR count). The topological polar surface area (TPSA) is 241 Å². The molecule has 0 spiro atoms. The van der Waals surface area contributed by atoms with Gasteiger partial charge in [0.25, 0.3) is 11.7 Å². The molecule has 1 aliphatic rings. The Morgan fingerprint density at radius 3 is 0.717 bits per heavy atom. The molecule has 1 aliphatic carbocycles. The van der Waals surface area contributed by atoms with Crippen LogP contribution in [0.1, 0.15) is 6.42 Å². The van der Waals surface area contributed by atoms with Gasteiger partial charge in [0.1, 0.15) is 33.0 Å². The quantitative estimate of drug-likeness (QED) is 0.0238. The van der Waals surface area contributed by atoms with E-state index in [1.54, 1.807) is 4.74 Å². The predicted octanol–water partition coefficient (Wildman–Crippen LogP) is 12.9. The van der Waals surface area contributed by atoms with E-state index in [9.17, 15) is 108 Å². The van der Waals surface area contributed by atoms with Gasteiger partial charge >= 0.3 is 144 Å². The zero-order chi connectivity index (χ0) is 89.2. The van der Waals surface area contributed by atoms with Gasteiger partial charge in [0, 0.05) is 42.9 Å². The van der Waals surface area contributed by atoms with Crippen molar-refractivity contribution in [3.8, 4) is 0 Å². The summed E-state index contributed by atoms with van der Waals surface area (Å²) in [5, 5.41) is 0. The molecular weight excluding hydrogens is 1710 g/mol. The van der Waals surface area contributed by atoms with E-state index in [4.69, 9.17) is 0 Å². The van der Waals surface area contributed by atoms with E-state index < -0.39 is 259 Å². The first-order chi connectivity index (χ1) is 50.3. The van der Waals surface area contributed by atoms with Gasteiger partial charge in [0.15, 0.2) is 39.6 Å². The SMILES string of the molecule is C=CC(=O)OCC(F)(F)C(F)(F)OCC(F)(COCC1(F)CC(F)(COCC(F)(COC(F)(F)C(F)(F)COC(=O)C=C)OC(F)(F)C(F)(F)COC(=O)C=C)C(F)(F)C(F)(C(F)(F)OC(F)(F)C(F)(COC(F)(F)C(F)(F)COC(=O)C=C)OC(F)(F)C(F)(F)COC(=O)C=C)C1(F)F)OC(F)(F)C(F)(F)COC(=O)C=C. The van der Waals surface area contributed by atoms with E-state index in [0.29, 0.717) is 0 Å². The molecule has 654 valence electrons. The second-order valence-electron chi connectivity index (χ2n) is 21.9. The predicted molar refractivity (Wildman–Crippen MR) is 278 cm³/mol. The minimum Gasteiger partial charge on any atom is -0.456 e. The summed E-state index contributed by atoms with van der Waals surface area (Å²) >= 11 is 0. The fourth-order valence-electron chi connectivity index (χ4n) is 7.15. The molecule has 0 aliphatic heterocycles. The number of rotatable bonds is 51. The van der Waals surface area contributed by atoms with Crippen LogP contribution in [0.4, 0.5) is 167 Å². The molecule has 0 radical (unpaired) electrons. The maximum atomic E-state index is 17.4. The van der Waals surface area contributed by atoms with Gasteiger partial charge in [-0.25, -0.2) is 55.5 Å². The Bertz CT molecular complexity index is 3260. The summed E-state index contributed by atoms with van der Waals surface area (Å²) in [5.74, 6) is -91.0. The van der Waals surface area contributed by atoms with Crippen LogP contribution < -0.4 is 0 Å². The van der Waals surface area contributed by atoms with Crippen LogP contribution in [0.2, 0.25) is 0 Å². The lowest BCUT2D eigenvalue weighted by molar-refractivity contribution is -0.539. The number of esters is 6. The van der Waals surface area contributed by atoms with Gasteiger partial charge in [-0.15, -0.1) is 0 Å². The smallest absolute Gasteiger partial charge is 0.425 e. The van der Waals surface area contributed by atoms with Crippen molar-refractivity contribution < 1.29 is 267 Å². The molecule has 1 saturated carbocycles. The molecule has 0 saturated heterocycles. The monoisotopic (exact) mass is 1750 g/mol. The van der Waals surface area contributed by atoms with Gasteiger partial charge in [0.05, 0.1) is 13.2 Å². The third kappa shape index (κ3) is 23.5. The fourth-order valence-corrected chi connectivity index (χ4v) is 7.15. The van der Waals surface area contributed by atoms with Crippen LogP contribution >= 0.6 is 0 Å². The highest BCUT2D eigenvalue weighted by Gasteiger charge is 2.97. The maximum absolute atomic E-state index is 17.4. The van der Waals surface area contributed by atoms with E-state index in [1.807, 2.05) is 0 Å². The van der Waals surface area contributed by atoms with Crippen LogP contribution in [-0.2, 0) is 99.8 Å². The summed E-state index contributed by atoms with van der Waals surface area (Å²) in [6, 6.07) is 0. The Morgan fingerprint density at radius 2 is 0.487 bits per heavy atom. The van der Waals surface area contributed by atoms with Gasteiger partial charge in [0.2, 0.25) is 11.3 Å². The Balaban J connectivity index is 4.87. The van der Waals surface area contributed by atoms with Crippen molar-refractivity contribution in [2.45, 2.75) is 137 Å². The van der Waals surface area contributed by atoms with Crippen molar-refractivity contribution in [1.82, 2.24) is 0 Å². The first-order valence-corrected chi connectivity index (χ1v) is 28.1. The second kappa shape index (κ2) is 35.4. The summed E-state index contributed by atoms with van der Waals surface area (Å²) < 4.78 is 636. The molecule has 0 N–H and O–H groups in total. The average molecular weight is 1750 g/mol. The highest BCUT2D eigenvalue weighted by Crippen LogP contribution is 2.69. The first-order valence-electron chi connectivity index (χ1n) is 28.1. The third-order valence-electron chi connectivity index (χ3n) is 13.2. The number of alkyl halides is 38. The standard InChI is InChI=1S/C54H46F38O21/c1-7-27(93)101-20-37(59,60)47(77,78)107-18-35(57,110-50(83,84)40(65,66)23-104-30(96)10-4)16-99-14-33(55)13-34(56,15-100-17-36(58,111-51(85,86)41(67,68)24-105-31(97)11-5)19-108-48(79,80)38(61,62)21-102-28(94)8-2)46(75,76)44(72,45(33,73)74)54(91,92)113-53(89,90)43(71,112-52(87,88)42(69,70)25-106-32(98)12-6)26-109-49(81,82)39(63,64)22-103-29(95)9-3/h7-12H,1-6,13-26H2. The first kappa shape index (κ1) is 103. The normalized spacial score (nSPS) is 20.9. The zero-order valence-electron chi connectivity index (χ0n) is 54.5. The van der Waals surface area contributed by atoms with Gasteiger partial charge < -0.3 is 52.1 Å². The van der Waals surface area contributed by atoms with E-state index in [-0.39, 0.29) is 36.5 Å². The van der Waals surface area contributed by atoms with Crippen molar-refractivity contribution in [3.63, 3.8) is 0 Å². The molecule has 59 heteroatoms. The van der Waals surface area contributed by atoms with Crippen molar-refractivity contribution in [1.29, 1.82) is 0 Å². The second-order valence-corrected chi connectivity index (χ2v) is 21.9. The lowest BCUT2D eigenvalue weighted by Gasteiger charge is -2.56. The van der Waals surface area contributed by atoms with Crippen LogP contribution in [0.5, 0.6) is 0 Å². The van der Waals surface area contributed by atoms with Crippen molar-refractivity contribution >= 4 is 35.8 Å². The zero-order valence-corrected chi connectivity index (χ0v) is 54.5. The largest absolute Gasteiger partial charge is 0.456 e. The summed E-state index contributed by atoms with van der Waals surface area (Å²) in [7, 11) is 0. The Labute approximate surface area is 601 Å². The van der Waals surface area contributed by atoms with E-state index in [1.165, 1.54) is 0 Å². The van der Waals surface area contributed by atoms with Crippen molar-refractivity contribution in [2.24, 2.45) is 0 Å². The summed E-state index contributed by atoms with van der Waals surface area (Å²) in [5.41, 5.74) is -24.1. The van der Waals surface area contributed by atoms with Gasteiger partial charge in [-0.3, -0.25) is 14.2 Å². The highest BCUT2D eigenvalue weighted by atomic mass is 19.4. The molecule has 5 atom stereocenters. The molecule has 0 bridgehead atoms.